The van der Waals surface area contributed by atoms with Crippen LogP contribution in [0.2, 0.25) is 0 Å². The largest absolute Gasteiger partial charge is 0.506 e. The summed E-state index contributed by atoms with van der Waals surface area (Å²) in [4.78, 5) is 29.8. The smallest absolute Gasteiger partial charge is 0.259 e. The monoisotopic (exact) mass is 369 g/mol. The zero-order valence-corrected chi connectivity index (χ0v) is 15.5. The van der Waals surface area contributed by atoms with E-state index < -0.39 is 5.91 Å². The number of fused-ring (bicyclic) bond motifs is 1. The van der Waals surface area contributed by atoms with Gasteiger partial charge in [0.05, 0.1) is 16.6 Å². The number of carbonyl (C=O) groups excluding carboxylic acids is 1. The lowest BCUT2D eigenvalue weighted by atomic mass is 9.87. The van der Waals surface area contributed by atoms with Crippen LogP contribution in [0.1, 0.15) is 36.7 Å². The van der Waals surface area contributed by atoms with E-state index in [-0.39, 0.29) is 21.5 Å². The molecule has 4 N–H and O–H groups in total. The third kappa shape index (κ3) is 3.52. The summed E-state index contributed by atoms with van der Waals surface area (Å²) in [7, 11) is 0. The number of phenols is 1. The van der Waals surface area contributed by atoms with E-state index in [1.54, 1.807) is 30.3 Å². The lowest BCUT2D eigenvalue weighted by Gasteiger charge is -2.20. The Morgan fingerprint density at radius 2 is 1.85 bits per heavy atom. The van der Waals surface area contributed by atoms with E-state index in [0.29, 0.717) is 22.2 Å². The molecule has 0 saturated carbocycles. The van der Waals surface area contributed by atoms with Crippen LogP contribution in [0.4, 0.5) is 5.69 Å². The van der Waals surface area contributed by atoms with E-state index >= 15 is 0 Å². The molecule has 134 valence electrons. The molecule has 1 heterocycles. The second-order valence-corrected chi connectivity index (χ2v) is 7.51. The summed E-state index contributed by atoms with van der Waals surface area (Å²) in [5.41, 5.74) is 1.70. The van der Waals surface area contributed by atoms with Crippen LogP contribution in [-0.2, 0) is 5.41 Å². The number of rotatable bonds is 2. The molecule has 0 aliphatic rings. The van der Waals surface area contributed by atoms with Gasteiger partial charge in [0.25, 0.3) is 11.5 Å². The molecule has 1 aromatic heterocycles. The average molecular weight is 369 g/mol. The van der Waals surface area contributed by atoms with Gasteiger partial charge in [0.1, 0.15) is 5.75 Å². The number of benzene rings is 2. The number of aromatic amines is 2. The maximum absolute atomic E-state index is 12.6. The van der Waals surface area contributed by atoms with Gasteiger partial charge in [-0.25, -0.2) is 0 Å². The van der Waals surface area contributed by atoms with E-state index in [1.807, 2.05) is 26.8 Å². The first-order valence-corrected chi connectivity index (χ1v) is 8.47. The van der Waals surface area contributed by atoms with Crippen molar-refractivity contribution in [3.63, 3.8) is 0 Å². The topological polar surface area (TPSA) is 98.0 Å². The Hall–Kier alpha value is -2.93. The molecule has 2 aromatic carbocycles. The highest BCUT2D eigenvalue weighted by atomic mass is 32.1. The molecule has 6 nitrogen and oxygen atoms in total. The van der Waals surface area contributed by atoms with Crippen molar-refractivity contribution in [3.05, 3.63) is 62.6 Å². The number of hydrogen-bond donors (Lipinski definition) is 4. The van der Waals surface area contributed by atoms with E-state index in [4.69, 9.17) is 12.2 Å². The van der Waals surface area contributed by atoms with Crippen molar-refractivity contribution in [2.24, 2.45) is 0 Å². The minimum Gasteiger partial charge on any atom is -0.506 e. The molecular formula is C19H19N3O3S. The first kappa shape index (κ1) is 17.9. The minimum atomic E-state index is -0.396. The first-order valence-electron chi connectivity index (χ1n) is 8.06. The SMILES string of the molecule is CC(C)(C)c1ccc(O)c(NC(=O)c2ccc3c(=O)[nH]c(=S)[nH]c3c2)c1. The van der Waals surface area contributed by atoms with Crippen LogP contribution < -0.4 is 10.9 Å². The Bertz CT molecular complexity index is 1120. The van der Waals surface area contributed by atoms with Crippen molar-refractivity contribution in [1.29, 1.82) is 0 Å². The lowest BCUT2D eigenvalue weighted by molar-refractivity contribution is 0.102. The van der Waals surface area contributed by atoms with Crippen LogP contribution in [0.25, 0.3) is 10.9 Å². The first-order chi connectivity index (χ1) is 12.1. The van der Waals surface area contributed by atoms with Gasteiger partial charge in [-0.05, 0) is 53.5 Å². The second kappa shape index (κ2) is 6.42. The fourth-order valence-corrected chi connectivity index (χ4v) is 2.81. The molecule has 7 heteroatoms. The molecule has 0 spiro atoms. The number of anilines is 1. The number of amides is 1. The van der Waals surface area contributed by atoms with Gasteiger partial charge >= 0.3 is 0 Å². The molecule has 0 unspecified atom stereocenters. The normalized spacial score (nSPS) is 11.5. The predicted octanol–water partition coefficient (Wildman–Crippen LogP) is 3.84. The molecule has 0 saturated heterocycles. The van der Waals surface area contributed by atoms with Crippen molar-refractivity contribution >= 4 is 34.7 Å². The number of nitrogens with one attached hydrogen (secondary N) is 3. The summed E-state index contributed by atoms with van der Waals surface area (Å²) >= 11 is 4.96. The number of phenolic OH excluding ortho intramolecular Hbond substituents is 1. The fraction of sp³-hybridized carbons (Fsp3) is 0.211. The van der Waals surface area contributed by atoms with Crippen molar-refractivity contribution in [1.82, 2.24) is 9.97 Å². The summed E-state index contributed by atoms with van der Waals surface area (Å²) in [6, 6.07) is 9.81. The summed E-state index contributed by atoms with van der Waals surface area (Å²) < 4.78 is 0.190. The summed E-state index contributed by atoms with van der Waals surface area (Å²) in [6.07, 6.45) is 0. The van der Waals surface area contributed by atoms with E-state index in [9.17, 15) is 14.7 Å². The molecule has 3 aromatic rings. The molecule has 0 atom stereocenters. The zero-order chi connectivity index (χ0) is 19.1. The Morgan fingerprint density at radius 3 is 2.54 bits per heavy atom. The van der Waals surface area contributed by atoms with Crippen molar-refractivity contribution in [2.75, 3.05) is 5.32 Å². The Kier molecular flexibility index (Phi) is 4.41. The number of carbonyl (C=O) groups is 1. The third-order valence-corrected chi connectivity index (χ3v) is 4.32. The van der Waals surface area contributed by atoms with Gasteiger partial charge < -0.3 is 15.4 Å². The quantitative estimate of drug-likeness (QED) is 0.407. The maximum Gasteiger partial charge on any atom is 0.259 e. The highest BCUT2D eigenvalue weighted by molar-refractivity contribution is 7.71. The highest BCUT2D eigenvalue weighted by Crippen LogP contribution is 2.31. The van der Waals surface area contributed by atoms with Gasteiger partial charge in [-0.2, -0.15) is 0 Å². The van der Waals surface area contributed by atoms with E-state index in [0.717, 1.165) is 5.56 Å². The van der Waals surface area contributed by atoms with Crippen molar-refractivity contribution in [2.45, 2.75) is 26.2 Å². The standard InChI is InChI=1S/C19H19N3O3S/c1-19(2,3)11-5-7-15(23)14(9-11)20-16(24)10-4-6-12-13(8-10)21-18(26)22-17(12)25/h4-9,23H,1-3H3,(H,20,24)(H2,21,22,25,26). The molecule has 0 radical (unpaired) electrons. The van der Waals surface area contributed by atoms with Crippen LogP contribution in [0.15, 0.2) is 41.2 Å². The summed E-state index contributed by atoms with van der Waals surface area (Å²) in [5, 5.41) is 13.2. The maximum atomic E-state index is 12.6. The Labute approximate surface area is 154 Å². The van der Waals surface area contributed by atoms with Crippen molar-refractivity contribution in [3.8, 4) is 5.75 Å². The van der Waals surface area contributed by atoms with Crippen LogP contribution in [0, 0.1) is 4.77 Å². The highest BCUT2D eigenvalue weighted by Gasteiger charge is 2.17. The Balaban J connectivity index is 1.97. The molecule has 1 amide bonds. The predicted molar refractivity (Wildman–Crippen MR) is 105 cm³/mol. The Morgan fingerprint density at radius 1 is 1.12 bits per heavy atom. The van der Waals surface area contributed by atoms with E-state index in [2.05, 4.69) is 15.3 Å². The van der Waals surface area contributed by atoms with Gasteiger partial charge in [-0.1, -0.05) is 26.8 Å². The van der Waals surface area contributed by atoms with Gasteiger partial charge in [0, 0.05) is 5.56 Å². The van der Waals surface area contributed by atoms with Crippen LogP contribution in [-0.4, -0.2) is 21.0 Å². The van der Waals surface area contributed by atoms with Gasteiger partial charge in [0.2, 0.25) is 0 Å². The number of aromatic nitrogens is 2. The molecular weight excluding hydrogens is 350 g/mol. The molecule has 26 heavy (non-hydrogen) atoms. The molecule has 0 bridgehead atoms. The average Bonchev–Trinajstić information content (AvgIpc) is 2.55. The summed E-state index contributed by atoms with van der Waals surface area (Å²) in [5.74, 6) is -0.407. The van der Waals surface area contributed by atoms with Gasteiger partial charge in [-0.15, -0.1) is 0 Å². The summed E-state index contributed by atoms with van der Waals surface area (Å²) in [6.45, 7) is 6.15. The number of hydrogen-bond acceptors (Lipinski definition) is 4. The number of aromatic hydroxyl groups is 1. The fourth-order valence-electron chi connectivity index (χ4n) is 2.61. The zero-order valence-electron chi connectivity index (χ0n) is 14.6. The molecule has 0 aliphatic heterocycles. The third-order valence-electron chi connectivity index (χ3n) is 4.11. The molecule has 0 aliphatic carbocycles. The molecule has 0 fully saturated rings. The minimum absolute atomic E-state index is 0.0111. The van der Waals surface area contributed by atoms with Gasteiger partial charge in [0.15, 0.2) is 4.77 Å². The van der Waals surface area contributed by atoms with Crippen LogP contribution >= 0.6 is 12.2 Å². The van der Waals surface area contributed by atoms with Crippen LogP contribution in [0.5, 0.6) is 5.75 Å². The number of H-pyrrole nitrogens is 2. The second-order valence-electron chi connectivity index (χ2n) is 7.10. The van der Waals surface area contributed by atoms with Gasteiger partial charge in [-0.3, -0.25) is 14.6 Å². The lowest BCUT2D eigenvalue weighted by Crippen LogP contribution is -2.15. The van der Waals surface area contributed by atoms with Crippen LogP contribution in [0.3, 0.4) is 0 Å². The molecule has 3 rings (SSSR count). The van der Waals surface area contributed by atoms with E-state index in [1.165, 1.54) is 0 Å². The van der Waals surface area contributed by atoms with Crippen molar-refractivity contribution < 1.29 is 9.90 Å².